The van der Waals surface area contributed by atoms with Crippen molar-refractivity contribution < 1.29 is 204 Å². The molecule has 0 rings (SSSR count). The van der Waals surface area contributed by atoms with E-state index in [0.29, 0.717) is 0 Å². The van der Waals surface area contributed by atoms with E-state index in [4.69, 9.17) is 115 Å². The van der Waals surface area contributed by atoms with E-state index in [9.17, 15) is 0 Å². The van der Waals surface area contributed by atoms with Crippen LogP contribution in [0.3, 0.4) is 0 Å². The third kappa shape index (κ3) is 3020. The van der Waals surface area contributed by atoms with Crippen molar-refractivity contribution in [2.45, 2.75) is 0 Å². The van der Waals surface area contributed by atoms with Crippen LogP contribution in [0.25, 0.3) is 0 Å². The summed E-state index contributed by atoms with van der Waals surface area (Å²) in [7, 11) is -28.6. The van der Waals surface area contributed by atoms with Crippen molar-refractivity contribution in [1.29, 1.82) is 0 Å². The minimum Gasteiger partial charge on any atom is -0.822 e. The molecule has 0 aromatic heterocycles. The van der Waals surface area contributed by atoms with Crippen LogP contribution in [0.4, 0.5) is 0 Å². The Balaban J connectivity index is -0.0000000294. The summed E-state index contributed by atoms with van der Waals surface area (Å²) in [5.74, 6) is 0. The standard InChI is InChI=1S/3Na.6H3O4P/c;;;6*1-5(2,3)4/h;;;6*(H3,1,2,3,4)/q3*+1;;;;;;/p-3. The molecule has 0 radical (unpaired) electrons. The maximum atomic E-state index is 8.88. The van der Waals surface area contributed by atoms with Crippen molar-refractivity contribution >= 4 is 46.9 Å². The summed E-state index contributed by atoms with van der Waals surface area (Å²) < 4.78 is 53.0. The van der Waals surface area contributed by atoms with Crippen molar-refractivity contribution in [3.8, 4) is 0 Å². The fraction of sp³-hybridized carbons (Fsp3) is 0. The van der Waals surface area contributed by atoms with Crippen molar-refractivity contribution in [3.63, 3.8) is 0 Å². The number of hydrogen-bond donors (Lipinski definition) is 15. The Bertz CT molecular complexity index is 468. The molecule has 192 valence electrons. The quantitative estimate of drug-likeness (QED) is 0.0851. The molecule has 0 aliphatic heterocycles. The molecule has 0 fully saturated rings. The van der Waals surface area contributed by atoms with Crippen LogP contribution in [0.1, 0.15) is 0 Å². The van der Waals surface area contributed by atoms with Gasteiger partial charge < -0.3 is 92.6 Å². The van der Waals surface area contributed by atoms with E-state index in [0.717, 1.165) is 0 Å². The van der Waals surface area contributed by atoms with Crippen LogP contribution < -0.4 is 103 Å². The molecular weight excluding hydrogens is 639 g/mol. The third-order valence-electron chi connectivity index (χ3n) is 0. The normalized spacial score (nSPS) is 10.7. The molecule has 33 heteroatoms. The third-order valence-corrected chi connectivity index (χ3v) is 0. The van der Waals surface area contributed by atoms with Gasteiger partial charge in [-0.15, -0.1) is 0 Å². The molecule has 0 heterocycles. The van der Waals surface area contributed by atoms with E-state index >= 15 is 0 Å². The molecule has 0 amide bonds. The first-order valence-corrected chi connectivity index (χ1v) is 13.9. The van der Waals surface area contributed by atoms with E-state index in [1.165, 1.54) is 0 Å². The van der Waals surface area contributed by atoms with Crippen molar-refractivity contribution in [1.82, 2.24) is 0 Å². The monoisotopic (exact) mass is 654 g/mol. The van der Waals surface area contributed by atoms with Gasteiger partial charge in [0.15, 0.2) is 0 Å². The van der Waals surface area contributed by atoms with Gasteiger partial charge in [-0.2, -0.15) is 7.82 Å². The van der Waals surface area contributed by atoms with E-state index in [-0.39, 0.29) is 88.7 Å². The van der Waals surface area contributed by atoms with Crippen LogP contribution in [0, 0.1) is 0 Å². The molecular formula is H15Na3O24P6. The van der Waals surface area contributed by atoms with Crippen LogP contribution in [-0.2, 0) is 27.4 Å². The van der Waals surface area contributed by atoms with E-state index < -0.39 is 46.9 Å². The van der Waals surface area contributed by atoms with Gasteiger partial charge in [0, 0.05) is 0 Å². The summed E-state index contributed by atoms with van der Waals surface area (Å²) in [6, 6.07) is 0. The maximum Gasteiger partial charge on any atom is 1.00 e. The molecule has 0 aliphatic rings. The molecule has 0 bridgehead atoms. The second-order valence-electron chi connectivity index (χ2n) is 3.01. The van der Waals surface area contributed by atoms with Crippen LogP contribution in [0.5, 0.6) is 0 Å². The molecule has 0 aromatic carbocycles. The zero-order valence-corrected chi connectivity index (χ0v) is 27.4. The summed E-state index contributed by atoms with van der Waals surface area (Å²) in [5, 5.41) is 0. The van der Waals surface area contributed by atoms with Gasteiger partial charge in [0.1, 0.15) is 0 Å². The van der Waals surface area contributed by atoms with E-state index in [1.807, 2.05) is 0 Å². The van der Waals surface area contributed by atoms with E-state index in [1.54, 1.807) is 0 Å². The smallest absolute Gasteiger partial charge is 0.822 e. The molecule has 0 saturated carbocycles. The van der Waals surface area contributed by atoms with Gasteiger partial charge in [0.2, 0.25) is 0 Å². The Morgan fingerprint density at radius 1 is 0.303 bits per heavy atom. The average molecular weight is 654 g/mol. The second kappa shape index (κ2) is 27.2. The molecule has 33 heavy (non-hydrogen) atoms. The van der Waals surface area contributed by atoms with Gasteiger partial charge in [-0.25, -0.2) is 22.8 Å². The van der Waals surface area contributed by atoms with Gasteiger partial charge in [0.25, 0.3) is 0 Å². The zero-order chi connectivity index (χ0) is 27.0. The minimum absolute atomic E-state index is 0. The SMILES string of the molecule is O=P(O)(O)O.O=P(O)(O)O.O=P(O)(O)O.O=P(O)(O)O.O=P(O)(O)O.O=P([O-])([O-])[O-].[Na+].[Na+].[Na+]. The number of phosphoric acid groups is 6. The van der Waals surface area contributed by atoms with Crippen LogP contribution in [-0.4, -0.2) is 73.4 Å². The summed E-state index contributed by atoms with van der Waals surface area (Å²) >= 11 is 0. The molecule has 0 aliphatic carbocycles. The Kier molecular flexibility index (Phi) is 50.3. The van der Waals surface area contributed by atoms with Gasteiger partial charge in [0.05, 0.1) is 0 Å². The molecule has 0 spiro atoms. The van der Waals surface area contributed by atoms with E-state index in [2.05, 4.69) is 0 Å². The predicted molar refractivity (Wildman–Crippen MR) is 78.9 cm³/mol. The largest absolute Gasteiger partial charge is 1.00 e. The molecule has 24 nitrogen and oxygen atoms in total. The first-order chi connectivity index (χ1) is 12.0. The topological polar surface area (TPSA) is 475 Å². The number of hydrogen-bond acceptors (Lipinski definition) is 9. The Hall–Kier alpha value is 3.66. The van der Waals surface area contributed by atoms with Gasteiger partial charge in [-0.05, 0) is 0 Å². The van der Waals surface area contributed by atoms with Crippen molar-refractivity contribution in [2.75, 3.05) is 0 Å². The summed E-state index contributed by atoms with van der Waals surface area (Å²) in [4.78, 5) is 133. The Labute approximate surface area is 248 Å². The minimum atomic E-state index is -5.39. The van der Waals surface area contributed by atoms with Gasteiger partial charge in [-0.3, -0.25) is 0 Å². The average Bonchev–Trinajstić information content (AvgIpc) is 1.94. The van der Waals surface area contributed by atoms with Gasteiger partial charge in [-0.1, -0.05) is 0 Å². The molecule has 0 atom stereocenters. The van der Waals surface area contributed by atoms with Crippen molar-refractivity contribution in [3.05, 3.63) is 0 Å². The Morgan fingerprint density at radius 2 is 0.303 bits per heavy atom. The molecule has 0 aromatic rings. The number of rotatable bonds is 0. The first-order valence-electron chi connectivity index (χ1n) is 4.64. The fourth-order valence-electron chi connectivity index (χ4n) is 0. The second-order valence-corrected chi connectivity index (χ2v) is 9.04. The molecule has 0 unspecified atom stereocenters. The summed E-state index contributed by atoms with van der Waals surface area (Å²) in [6.45, 7) is 0. The summed E-state index contributed by atoms with van der Waals surface area (Å²) in [5.41, 5.74) is 0. The molecule has 15 N–H and O–H groups in total. The maximum absolute atomic E-state index is 8.88. The zero-order valence-electron chi connectivity index (χ0n) is 16.1. The fourth-order valence-corrected chi connectivity index (χ4v) is 0. The van der Waals surface area contributed by atoms with Crippen LogP contribution in [0.15, 0.2) is 0 Å². The summed E-state index contributed by atoms with van der Waals surface area (Å²) in [6.07, 6.45) is 0. The predicted octanol–water partition coefficient (Wildman–Crippen LogP) is -16.5. The van der Waals surface area contributed by atoms with Crippen LogP contribution >= 0.6 is 46.9 Å². The Morgan fingerprint density at radius 3 is 0.303 bits per heavy atom. The molecule has 0 saturated heterocycles. The van der Waals surface area contributed by atoms with Crippen LogP contribution in [0.2, 0.25) is 0 Å². The first kappa shape index (κ1) is 60.9. The van der Waals surface area contributed by atoms with Gasteiger partial charge >= 0.3 is 128 Å². The van der Waals surface area contributed by atoms with Crippen molar-refractivity contribution in [2.24, 2.45) is 0 Å².